The fraction of sp³-hybridized carbons (Fsp3) is 0.500. The summed E-state index contributed by atoms with van der Waals surface area (Å²) in [7, 11) is 1.19. The third-order valence-electron chi connectivity index (χ3n) is 0.301. The lowest BCUT2D eigenvalue weighted by molar-refractivity contribution is 0.183. The number of rotatable bonds is 0. The predicted octanol–water partition coefficient (Wildman–Crippen LogP) is 0.224. The van der Waals surface area contributed by atoms with Crippen molar-refractivity contribution in [3.8, 4) is 0 Å². The second-order valence-corrected chi connectivity index (χ2v) is 1.04. The third kappa shape index (κ3) is 3.41. The molecule has 0 atom stereocenters. The standard InChI is InChI=1S/C2H5NO3S/c1-6-2(4)3-7-5/h7H,1H3,(H,3,4,5). The summed E-state index contributed by atoms with van der Waals surface area (Å²) in [5.41, 5.74) is 0. The Balaban J connectivity index is 3.37. The Morgan fingerprint density at radius 3 is 2.71 bits per heavy atom. The maximum atomic E-state index is 9.86. The summed E-state index contributed by atoms with van der Waals surface area (Å²) in [6.07, 6.45) is -0.760. The van der Waals surface area contributed by atoms with Crippen molar-refractivity contribution in [2.24, 2.45) is 4.36 Å². The molecule has 1 N–H and O–H groups in total. The van der Waals surface area contributed by atoms with Crippen LogP contribution in [0.2, 0.25) is 0 Å². The van der Waals surface area contributed by atoms with Crippen molar-refractivity contribution < 1.29 is 14.1 Å². The highest BCUT2D eigenvalue weighted by Gasteiger charge is 1.87. The molecule has 0 fully saturated rings. The van der Waals surface area contributed by atoms with Crippen LogP contribution in [0.3, 0.4) is 0 Å². The van der Waals surface area contributed by atoms with Gasteiger partial charge in [0.25, 0.3) is 0 Å². The summed E-state index contributed by atoms with van der Waals surface area (Å²) >= 11 is -0.310. The van der Waals surface area contributed by atoms with Crippen LogP contribution < -0.4 is 0 Å². The van der Waals surface area contributed by atoms with Crippen LogP contribution in [-0.2, 0) is 16.6 Å². The molecule has 0 heterocycles. The van der Waals surface area contributed by atoms with Gasteiger partial charge in [-0.3, -0.25) is 0 Å². The van der Waals surface area contributed by atoms with Crippen molar-refractivity contribution in [2.45, 2.75) is 0 Å². The minimum atomic E-state index is -0.760. The van der Waals surface area contributed by atoms with Gasteiger partial charge in [-0.1, -0.05) is 0 Å². The van der Waals surface area contributed by atoms with Crippen LogP contribution in [0.4, 0.5) is 4.79 Å². The summed E-state index contributed by atoms with van der Waals surface area (Å²) in [6.45, 7) is 0. The first kappa shape index (κ1) is 6.58. The molecule has 0 unspecified atom stereocenters. The molecule has 5 heteroatoms. The van der Waals surface area contributed by atoms with E-state index >= 15 is 0 Å². The molecular weight excluding hydrogens is 118 g/mol. The molecule has 0 saturated carbocycles. The lowest BCUT2D eigenvalue weighted by Gasteiger charge is -1.83. The zero-order chi connectivity index (χ0) is 5.70. The van der Waals surface area contributed by atoms with Crippen LogP contribution in [0.1, 0.15) is 0 Å². The van der Waals surface area contributed by atoms with Gasteiger partial charge in [0, 0.05) is 11.8 Å². The smallest absolute Gasteiger partial charge is 0.441 e. The van der Waals surface area contributed by atoms with Crippen molar-refractivity contribution in [1.29, 1.82) is 0 Å². The lowest BCUT2D eigenvalue weighted by atomic mass is 11.2. The number of hydrogen-bond acceptors (Lipinski definition) is 2. The van der Waals surface area contributed by atoms with Crippen molar-refractivity contribution >= 4 is 17.9 Å². The SMILES string of the molecule is COC(=O)N=[SH]O. The molecule has 0 radical (unpaired) electrons. The molecule has 7 heavy (non-hydrogen) atoms. The largest absolute Gasteiger partial charge is 0.451 e. The number of thiol groups is 1. The highest BCUT2D eigenvalue weighted by atomic mass is 32.2. The maximum absolute atomic E-state index is 9.86. The predicted molar refractivity (Wildman–Crippen MR) is 26.2 cm³/mol. The molecule has 42 valence electrons. The van der Waals surface area contributed by atoms with E-state index in [0.29, 0.717) is 0 Å². The van der Waals surface area contributed by atoms with Crippen LogP contribution in [-0.4, -0.2) is 17.8 Å². The Kier molecular flexibility index (Phi) is 3.53. The van der Waals surface area contributed by atoms with Crippen molar-refractivity contribution in [2.75, 3.05) is 7.11 Å². The molecule has 0 aliphatic heterocycles. The summed E-state index contributed by atoms with van der Waals surface area (Å²) in [6, 6.07) is 0. The first-order valence-corrected chi connectivity index (χ1v) is 2.24. The van der Waals surface area contributed by atoms with Gasteiger partial charge in [0.2, 0.25) is 0 Å². The average molecular weight is 123 g/mol. The van der Waals surface area contributed by atoms with E-state index in [9.17, 15) is 4.79 Å². The Hall–Kier alpha value is -0.420. The zero-order valence-electron chi connectivity index (χ0n) is 3.66. The molecule has 0 aromatic heterocycles. The quantitative estimate of drug-likeness (QED) is 0.453. The van der Waals surface area contributed by atoms with Gasteiger partial charge in [0.15, 0.2) is 0 Å². The first-order chi connectivity index (χ1) is 3.31. The van der Waals surface area contributed by atoms with Gasteiger partial charge in [-0.2, -0.15) is 0 Å². The van der Waals surface area contributed by atoms with E-state index in [1.807, 2.05) is 0 Å². The Labute approximate surface area is 44.4 Å². The van der Waals surface area contributed by atoms with Gasteiger partial charge < -0.3 is 9.29 Å². The molecule has 0 bridgehead atoms. The van der Waals surface area contributed by atoms with Crippen molar-refractivity contribution in [3.63, 3.8) is 0 Å². The fourth-order valence-electron chi connectivity index (χ4n) is 0.0773. The number of amides is 1. The Morgan fingerprint density at radius 1 is 2.00 bits per heavy atom. The van der Waals surface area contributed by atoms with E-state index < -0.39 is 6.09 Å². The average Bonchev–Trinajstić information content (AvgIpc) is 1.68. The zero-order valence-corrected chi connectivity index (χ0v) is 4.55. The number of methoxy groups -OCH3 is 1. The van der Waals surface area contributed by atoms with E-state index in [0.717, 1.165) is 0 Å². The van der Waals surface area contributed by atoms with E-state index in [2.05, 4.69) is 9.10 Å². The first-order valence-electron chi connectivity index (χ1n) is 1.44. The summed E-state index contributed by atoms with van der Waals surface area (Å²) in [4.78, 5) is 9.86. The molecule has 0 aliphatic rings. The topological polar surface area (TPSA) is 58.9 Å². The van der Waals surface area contributed by atoms with E-state index in [1.165, 1.54) is 7.11 Å². The van der Waals surface area contributed by atoms with Crippen LogP contribution in [0.5, 0.6) is 0 Å². The van der Waals surface area contributed by atoms with Crippen LogP contribution in [0.15, 0.2) is 4.36 Å². The molecule has 1 amide bonds. The maximum Gasteiger partial charge on any atom is 0.441 e. The number of carbonyl (C=O) groups excluding carboxylic acids is 1. The van der Waals surface area contributed by atoms with Crippen LogP contribution >= 0.6 is 0 Å². The van der Waals surface area contributed by atoms with Gasteiger partial charge in [-0.25, -0.2) is 4.79 Å². The fourth-order valence-corrected chi connectivity index (χ4v) is 0.232. The number of carbonyl (C=O) groups is 1. The normalized spacial score (nSPS) is 10.6. The second-order valence-electron chi connectivity index (χ2n) is 0.659. The van der Waals surface area contributed by atoms with Crippen LogP contribution in [0.25, 0.3) is 0 Å². The number of nitrogens with zero attached hydrogens (tertiary/aromatic N) is 1. The monoisotopic (exact) mass is 123 g/mol. The van der Waals surface area contributed by atoms with Gasteiger partial charge in [-0.05, 0) is 0 Å². The minimum absolute atomic E-state index is 0.310. The molecule has 0 aromatic carbocycles. The lowest BCUT2D eigenvalue weighted by Crippen LogP contribution is -1.89. The highest BCUT2D eigenvalue weighted by molar-refractivity contribution is 7.62. The summed E-state index contributed by atoms with van der Waals surface area (Å²) < 4.78 is 14.8. The van der Waals surface area contributed by atoms with Gasteiger partial charge in [0.05, 0.1) is 7.11 Å². The van der Waals surface area contributed by atoms with Gasteiger partial charge in [0.1, 0.15) is 0 Å². The molecule has 4 nitrogen and oxygen atoms in total. The number of hydrogen-bond donors (Lipinski definition) is 2. The second kappa shape index (κ2) is 3.76. The summed E-state index contributed by atoms with van der Waals surface area (Å²) in [5, 5.41) is 0. The highest BCUT2D eigenvalue weighted by Crippen LogP contribution is 1.75. The Bertz CT molecular complexity index is 90.9. The van der Waals surface area contributed by atoms with Crippen molar-refractivity contribution in [1.82, 2.24) is 0 Å². The number of ether oxygens (including phenoxy) is 1. The Morgan fingerprint density at radius 2 is 2.57 bits per heavy atom. The van der Waals surface area contributed by atoms with Gasteiger partial charge in [-0.15, -0.1) is 4.36 Å². The van der Waals surface area contributed by atoms with Gasteiger partial charge >= 0.3 is 6.09 Å². The third-order valence-corrected chi connectivity index (χ3v) is 0.554. The summed E-state index contributed by atoms with van der Waals surface area (Å²) in [5.74, 6) is 0. The van der Waals surface area contributed by atoms with Crippen LogP contribution in [0, 0.1) is 0 Å². The minimum Gasteiger partial charge on any atom is -0.451 e. The van der Waals surface area contributed by atoms with Crippen molar-refractivity contribution in [3.05, 3.63) is 0 Å². The molecule has 0 rings (SSSR count). The van der Waals surface area contributed by atoms with E-state index in [1.54, 1.807) is 0 Å². The molecular formula is C2H5NO3S. The van der Waals surface area contributed by atoms with E-state index in [4.69, 9.17) is 4.55 Å². The molecule has 0 saturated heterocycles. The molecule has 0 aliphatic carbocycles. The molecule has 0 spiro atoms. The van der Waals surface area contributed by atoms with E-state index in [-0.39, 0.29) is 11.8 Å². The molecule has 0 aromatic rings.